The predicted molar refractivity (Wildman–Crippen MR) is 105 cm³/mol. The van der Waals surface area contributed by atoms with Crippen molar-refractivity contribution in [1.82, 2.24) is 15.9 Å². The van der Waals surface area contributed by atoms with Gasteiger partial charge in [0.25, 0.3) is 5.91 Å². The van der Waals surface area contributed by atoms with Gasteiger partial charge in [0.05, 0.1) is 6.42 Å². The number of benzene rings is 2. The zero-order valence-corrected chi connectivity index (χ0v) is 15.9. The Morgan fingerprint density at radius 3 is 2.62 bits per heavy atom. The summed E-state index contributed by atoms with van der Waals surface area (Å²) in [7, 11) is 1.83. The summed E-state index contributed by atoms with van der Waals surface area (Å²) >= 11 is 0. The molecule has 1 saturated heterocycles. The lowest BCUT2D eigenvalue weighted by molar-refractivity contribution is -0.136. The van der Waals surface area contributed by atoms with Crippen LogP contribution in [0.3, 0.4) is 0 Å². The molecule has 0 aliphatic carbocycles. The Balaban J connectivity index is 1.85. The molecule has 152 valence electrons. The van der Waals surface area contributed by atoms with Crippen molar-refractivity contribution in [2.45, 2.75) is 18.5 Å². The summed E-state index contributed by atoms with van der Waals surface area (Å²) in [5.74, 6) is -1.70. The molecule has 0 saturated carbocycles. The third kappa shape index (κ3) is 4.51. The van der Waals surface area contributed by atoms with Crippen LogP contribution in [0.1, 0.15) is 22.3 Å². The minimum absolute atomic E-state index is 0.0779. The van der Waals surface area contributed by atoms with Gasteiger partial charge < -0.3 is 5.11 Å². The zero-order valence-electron chi connectivity index (χ0n) is 15.9. The largest absolute Gasteiger partial charge is 0.481 e. The van der Waals surface area contributed by atoms with E-state index in [1.165, 1.54) is 24.3 Å². The highest BCUT2D eigenvalue weighted by Gasteiger charge is 2.46. The van der Waals surface area contributed by atoms with E-state index in [9.17, 15) is 14.0 Å². The lowest BCUT2D eigenvalue weighted by atomic mass is 9.89. The molecule has 2 aromatic rings. The monoisotopic (exact) mass is 399 g/mol. The lowest BCUT2D eigenvalue weighted by Crippen LogP contribution is -2.51. The first-order valence-electron chi connectivity index (χ1n) is 8.98. The molecule has 7 nitrogen and oxygen atoms in total. The number of nitrogens with zero attached hydrogens (tertiary/aromatic N) is 1. The average Bonchev–Trinajstić information content (AvgIpc) is 3.03. The van der Waals surface area contributed by atoms with E-state index in [-0.39, 0.29) is 18.9 Å². The van der Waals surface area contributed by atoms with Gasteiger partial charge in [0.15, 0.2) is 5.54 Å². The van der Waals surface area contributed by atoms with Gasteiger partial charge in [-0.05, 0) is 41.4 Å². The van der Waals surface area contributed by atoms with Gasteiger partial charge in [-0.15, -0.1) is 0 Å². The van der Waals surface area contributed by atoms with E-state index in [1.807, 2.05) is 24.1 Å². The second kappa shape index (κ2) is 8.52. The van der Waals surface area contributed by atoms with Crippen molar-refractivity contribution in [3.8, 4) is 0 Å². The fourth-order valence-corrected chi connectivity index (χ4v) is 3.44. The summed E-state index contributed by atoms with van der Waals surface area (Å²) in [6.45, 7) is 4.47. The van der Waals surface area contributed by atoms with Crippen molar-refractivity contribution in [3.63, 3.8) is 0 Å². The second-order valence-corrected chi connectivity index (χ2v) is 7.03. The number of hydroxylamine groups is 2. The van der Waals surface area contributed by atoms with Crippen LogP contribution in [0.2, 0.25) is 0 Å². The number of hydrogen-bond donors (Lipinski definition) is 3. The number of rotatable bonds is 8. The van der Waals surface area contributed by atoms with Gasteiger partial charge in [0.2, 0.25) is 0 Å². The summed E-state index contributed by atoms with van der Waals surface area (Å²) in [6.07, 6.45) is 1.62. The van der Waals surface area contributed by atoms with Gasteiger partial charge in [0.1, 0.15) is 5.82 Å². The molecule has 1 fully saturated rings. The van der Waals surface area contributed by atoms with Crippen LogP contribution in [0.5, 0.6) is 0 Å². The Kier molecular flexibility index (Phi) is 6.07. The molecule has 3 rings (SSSR count). The summed E-state index contributed by atoms with van der Waals surface area (Å²) in [5, 5.41) is 9.04. The van der Waals surface area contributed by atoms with Gasteiger partial charge in [0, 0.05) is 13.1 Å². The maximum absolute atomic E-state index is 13.3. The molecule has 1 heterocycles. The first kappa shape index (κ1) is 20.7. The molecule has 1 atom stereocenters. The molecule has 0 bridgehead atoms. The SMILES string of the molecule is C=Cc1ccc(CC(=O)O)cc1CN(C)CC1(c2ccc(F)cc2)NONC1=O. The second-order valence-electron chi connectivity index (χ2n) is 7.03. The van der Waals surface area contributed by atoms with Crippen molar-refractivity contribution >= 4 is 18.0 Å². The summed E-state index contributed by atoms with van der Waals surface area (Å²) < 4.78 is 13.3. The number of hydrogen-bond acceptors (Lipinski definition) is 5. The fraction of sp³-hybridized carbons (Fsp3) is 0.238. The highest BCUT2D eigenvalue weighted by Crippen LogP contribution is 2.27. The first-order valence-corrected chi connectivity index (χ1v) is 8.98. The molecule has 8 heteroatoms. The van der Waals surface area contributed by atoms with Gasteiger partial charge in [-0.2, -0.15) is 10.4 Å². The van der Waals surface area contributed by atoms with E-state index in [4.69, 9.17) is 10.0 Å². The molecule has 1 aliphatic rings. The topological polar surface area (TPSA) is 90.9 Å². The number of carbonyl (C=O) groups excluding carboxylic acids is 1. The van der Waals surface area contributed by atoms with E-state index in [0.717, 1.165) is 11.1 Å². The molecule has 29 heavy (non-hydrogen) atoms. The molecule has 1 amide bonds. The molecule has 3 N–H and O–H groups in total. The Hall–Kier alpha value is -3.07. The quantitative estimate of drug-likeness (QED) is 0.629. The van der Waals surface area contributed by atoms with Crippen LogP contribution in [0, 0.1) is 5.82 Å². The van der Waals surface area contributed by atoms with E-state index >= 15 is 0 Å². The lowest BCUT2D eigenvalue weighted by Gasteiger charge is -2.30. The van der Waals surface area contributed by atoms with Gasteiger partial charge in [-0.3, -0.25) is 14.5 Å². The molecule has 0 spiro atoms. The molecule has 0 aromatic heterocycles. The van der Waals surface area contributed by atoms with Crippen molar-refractivity contribution in [2.24, 2.45) is 0 Å². The average molecular weight is 399 g/mol. The number of nitrogens with one attached hydrogen (secondary N) is 2. The number of likely N-dealkylation sites (N-methyl/N-ethyl adjacent to an activating group) is 1. The van der Waals surface area contributed by atoms with E-state index < -0.39 is 17.3 Å². The first-order chi connectivity index (χ1) is 13.8. The zero-order chi connectivity index (χ0) is 21.0. The Bertz CT molecular complexity index is 932. The standard InChI is InChI=1S/C21H22FN3O4/c1-3-15-5-4-14(11-19(26)27)10-16(15)12-25(2)13-21(20(28)23-29-24-21)17-6-8-18(22)9-7-17/h3-10,24H,1,11-13H2,2H3,(H,23,28)(H,26,27). The van der Waals surface area contributed by atoms with Gasteiger partial charge >= 0.3 is 5.97 Å². The van der Waals surface area contributed by atoms with Crippen LogP contribution >= 0.6 is 0 Å². The van der Waals surface area contributed by atoms with Crippen molar-refractivity contribution in [3.05, 3.63) is 77.1 Å². The van der Waals surface area contributed by atoms with Crippen LogP contribution in [-0.2, 0) is 33.0 Å². The van der Waals surface area contributed by atoms with Gasteiger partial charge in [-0.1, -0.05) is 43.0 Å². The number of aliphatic carboxylic acids is 1. The molecular formula is C21H22FN3O4. The van der Waals surface area contributed by atoms with Crippen LogP contribution in [-0.4, -0.2) is 35.5 Å². The van der Waals surface area contributed by atoms with E-state index in [2.05, 4.69) is 17.5 Å². The molecular weight excluding hydrogens is 377 g/mol. The number of amides is 1. The summed E-state index contributed by atoms with van der Waals surface area (Å²) in [6, 6.07) is 11.1. The predicted octanol–water partition coefficient (Wildman–Crippen LogP) is 1.99. The Morgan fingerprint density at radius 1 is 1.31 bits per heavy atom. The van der Waals surface area contributed by atoms with Crippen molar-refractivity contribution < 1.29 is 24.0 Å². The minimum Gasteiger partial charge on any atom is -0.481 e. The van der Waals surface area contributed by atoms with Crippen molar-refractivity contribution in [1.29, 1.82) is 0 Å². The highest BCUT2D eigenvalue weighted by molar-refractivity contribution is 5.88. The molecule has 1 aliphatic heterocycles. The van der Waals surface area contributed by atoms with Crippen LogP contribution < -0.4 is 11.0 Å². The maximum atomic E-state index is 13.3. The van der Waals surface area contributed by atoms with Crippen LogP contribution in [0.25, 0.3) is 6.08 Å². The summed E-state index contributed by atoms with van der Waals surface area (Å²) in [4.78, 5) is 30.5. The van der Waals surface area contributed by atoms with E-state index in [0.29, 0.717) is 17.7 Å². The third-order valence-corrected chi connectivity index (χ3v) is 4.82. The maximum Gasteiger partial charge on any atom is 0.307 e. The third-order valence-electron chi connectivity index (χ3n) is 4.82. The fourth-order valence-electron chi connectivity index (χ4n) is 3.44. The normalized spacial score (nSPS) is 18.7. The smallest absolute Gasteiger partial charge is 0.307 e. The molecule has 1 unspecified atom stereocenters. The Labute approximate surface area is 167 Å². The highest BCUT2D eigenvalue weighted by atomic mass is 19.1. The minimum atomic E-state index is -1.21. The summed E-state index contributed by atoms with van der Waals surface area (Å²) in [5.41, 5.74) is 6.80. The van der Waals surface area contributed by atoms with Crippen LogP contribution in [0.4, 0.5) is 4.39 Å². The number of carbonyl (C=O) groups is 2. The van der Waals surface area contributed by atoms with Crippen LogP contribution in [0.15, 0.2) is 49.0 Å². The van der Waals surface area contributed by atoms with E-state index in [1.54, 1.807) is 12.1 Å². The Morgan fingerprint density at radius 2 is 2.03 bits per heavy atom. The van der Waals surface area contributed by atoms with Gasteiger partial charge in [-0.25, -0.2) is 9.87 Å². The number of halogens is 1. The number of carboxylic acids is 1. The molecule has 0 radical (unpaired) electrons. The molecule has 2 aromatic carbocycles. The van der Waals surface area contributed by atoms with Crippen molar-refractivity contribution in [2.75, 3.05) is 13.6 Å². The number of carboxylic acid groups (broad SMARTS) is 1.